The molecule has 2 aromatic rings. The van der Waals surface area contributed by atoms with Gasteiger partial charge in [-0.25, -0.2) is 18.1 Å². The maximum absolute atomic E-state index is 12.7. The second-order valence-electron chi connectivity index (χ2n) is 7.49. The van der Waals surface area contributed by atoms with Crippen LogP contribution in [0.1, 0.15) is 41.7 Å². The first-order chi connectivity index (χ1) is 14.0. The molecule has 1 aromatic carbocycles. The van der Waals surface area contributed by atoms with Crippen LogP contribution in [-0.2, 0) is 16.4 Å². The third kappa shape index (κ3) is 4.79. The molecule has 2 fully saturated rings. The lowest BCUT2D eigenvalue weighted by Gasteiger charge is -2.15. The van der Waals surface area contributed by atoms with E-state index in [1.54, 1.807) is 28.4 Å². The van der Waals surface area contributed by atoms with Crippen molar-refractivity contribution in [2.45, 2.75) is 37.0 Å². The van der Waals surface area contributed by atoms with E-state index < -0.39 is 10.0 Å². The van der Waals surface area contributed by atoms with Crippen molar-refractivity contribution in [3.05, 3.63) is 40.9 Å². The molecule has 0 aliphatic carbocycles. The lowest BCUT2D eigenvalue weighted by molar-refractivity contribution is 0.0792. The Morgan fingerprint density at radius 1 is 1.10 bits per heavy atom. The van der Waals surface area contributed by atoms with E-state index in [1.807, 2.05) is 5.38 Å². The van der Waals surface area contributed by atoms with E-state index in [0.717, 1.165) is 49.8 Å². The highest BCUT2D eigenvalue weighted by atomic mass is 32.2. The molecule has 2 aliphatic rings. The van der Waals surface area contributed by atoms with Crippen molar-refractivity contribution in [1.82, 2.24) is 14.6 Å². The summed E-state index contributed by atoms with van der Waals surface area (Å²) in [6.45, 7) is 3.84. The number of benzene rings is 1. The fourth-order valence-electron chi connectivity index (χ4n) is 3.76. The Balaban J connectivity index is 1.36. The first-order valence-electron chi connectivity index (χ1n) is 10.1. The van der Waals surface area contributed by atoms with Crippen LogP contribution in [0.4, 0.5) is 5.13 Å². The minimum Gasteiger partial charge on any atom is -0.348 e. The molecule has 3 heterocycles. The smallest absolute Gasteiger partial charge is 0.253 e. The number of carbonyl (C=O) groups excluding carboxylic acids is 1. The van der Waals surface area contributed by atoms with Gasteiger partial charge in [-0.3, -0.25) is 4.79 Å². The third-order valence-corrected chi connectivity index (χ3v) is 7.78. The molecule has 29 heavy (non-hydrogen) atoms. The maximum Gasteiger partial charge on any atom is 0.253 e. The molecular formula is C20H26N4O3S2. The fourth-order valence-corrected chi connectivity index (χ4v) is 5.75. The molecule has 0 saturated carbocycles. The van der Waals surface area contributed by atoms with Gasteiger partial charge in [-0.2, -0.15) is 0 Å². The molecule has 1 aromatic heterocycles. The average Bonchev–Trinajstić information content (AvgIpc) is 3.49. The summed E-state index contributed by atoms with van der Waals surface area (Å²) in [5, 5.41) is 3.02. The molecule has 0 spiro atoms. The number of amides is 1. The van der Waals surface area contributed by atoms with Gasteiger partial charge in [0.2, 0.25) is 10.0 Å². The molecule has 2 saturated heterocycles. The molecule has 2 aliphatic heterocycles. The van der Waals surface area contributed by atoms with E-state index in [2.05, 4.69) is 14.6 Å². The monoisotopic (exact) mass is 434 g/mol. The summed E-state index contributed by atoms with van der Waals surface area (Å²) >= 11 is 1.61. The van der Waals surface area contributed by atoms with Crippen molar-refractivity contribution in [2.75, 3.05) is 37.6 Å². The van der Waals surface area contributed by atoms with Gasteiger partial charge in [0.25, 0.3) is 5.91 Å². The normalized spacial score (nSPS) is 17.2. The average molecular weight is 435 g/mol. The molecule has 7 nitrogen and oxygen atoms in total. The second-order valence-corrected chi connectivity index (χ2v) is 10.1. The summed E-state index contributed by atoms with van der Waals surface area (Å²) in [4.78, 5) is 21.3. The number of sulfonamides is 1. The van der Waals surface area contributed by atoms with E-state index in [4.69, 9.17) is 0 Å². The zero-order valence-corrected chi connectivity index (χ0v) is 18.0. The first kappa shape index (κ1) is 20.3. The number of anilines is 1. The predicted octanol–water partition coefficient (Wildman–Crippen LogP) is 2.50. The molecule has 1 N–H and O–H groups in total. The van der Waals surface area contributed by atoms with Crippen molar-refractivity contribution in [2.24, 2.45) is 0 Å². The molecule has 0 radical (unpaired) electrons. The van der Waals surface area contributed by atoms with Crippen LogP contribution in [0.25, 0.3) is 0 Å². The van der Waals surface area contributed by atoms with Gasteiger partial charge < -0.3 is 9.80 Å². The molecule has 0 unspecified atom stereocenters. The fraction of sp³-hybridized carbons (Fsp3) is 0.500. The summed E-state index contributed by atoms with van der Waals surface area (Å²) in [6, 6.07) is 6.30. The number of hydrogen-bond acceptors (Lipinski definition) is 6. The number of likely N-dealkylation sites (tertiary alicyclic amines) is 1. The van der Waals surface area contributed by atoms with Crippen LogP contribution in [0.2, 0.25) is 0 Å². The van der Waals surface area contributed by atoms with Gasteiger partial charge in [0.1, 0.15) is 0 Å². The Labute approximate surface area is 175 Å². The molecule has 0 atom stereocenters. The maximum atomic E-state index is 12.7. The van der Waals surface area contributed by atoms with Gasteiger partial charge in [0.05, 0.1) is 10.6 Å². The summed E-state index contributed by atoms with van der Waals surface area (Å²) < 4.78 is 28.0. The van der Waals surface area contributed by atoms with Crippen molar-refractivity contribution >= 4 is 32.4 Å². The Morgan fingerprint density at radius 2 is 1.83 bits per heavy atom. The molecule has 4 rings (SSSR count). The number of hydrogen-bond donors (Lipinski definition) is 1. The number of carbonyl (C=O) groups is 1. The van der Waals surface area contributed by atoms with Crippen molar-refractivity contribution < 1.29 is 13.2 Å². The van der Waals surface area contributed by atoms with Gasteiger partial charge in [-0.15, -0.1) is 11.3 Å². The Hall–Kier alpha value is -1.97. The number of rotatable bonds is 7. The van der Waals surface area contributed by atoms with E-state index in [1.165, 1.54) is 25.0 Å². The molecule has 9 heteroatoms. The molecule has 156 valence electrons. The van der Waals surface area contributed by atoms with Gasteiger partial charge in [-0.1, -0.05) is 6.07 Å². The van der Waals surface area contributed by atoms with Crippen LogP contribution >= 0.6 is 11.3 Å². The summed E-state index contributed by atoms with van der Waals surface area (Å²) in [5.74, 6) is -0.100. The van der Waals surface area contributed by atoms with E-state index in [9.17, 15) is 13.2 Å². The SMILES string of the molecule is O=C(c1cccc(S(=O)(=O)NCCc2csc(N3CCCC3)n2)c1)N1CCCC1. The largest absolute Gasteiger partial charge is 0.348 e. The van der Waals surface area contributed by atoms with Crippen LogP contribution < -0.4 is 9.62 Å². The highest BCUT2D eigenvalue weighted by Gasteiger charge is 2.22. The Morgan fingerprint density at radius 3 is 2.59 bits per heavy atom. The standard InChI is InChI=1S/C20H26N4O3S2/c25-19(23-10-1-2-11-23)16-6-5-7-18(14-16)29(26,27)21-9-8-17-15-28-20(22-17)24-12-3-4-13-24/h5-7,14-15,21H,1-4,8-13H2. The highest BCUT2D eigenvalue weighted by Crippen LogP contribution is 2.24. The van der Waals surface area contributed by atoms with Gasteiger partial charge in [0, 0.05) is 50.1 Å². The van der Waals surface area contributed by atoms with Crippen molar-refractivity contribution in [3.63, 3.8) is 0 Å². The number of nitrogens with one attached hydrogen (secondary N) is 1. The minimum absolute atomic E-state index is 0.100. The zero-order valence-electron chi connectivity index (χ0n) is 16.3. The molecular weight excluding hydrogens is 408 g/mol. The van der Waals surface area contributed by atoms with Crippen LogP contribution in [0, 0.1) is 0 Å². The number of aromatic nitrogens is 1. The lowest BCUT2D eigenvalue weighted by Crippen LogP contribution is -2.29. The number of nitrogens with zero attached hydrogens (tertiary/aromatic N) is 3. The zero-order chi connectivity index (χ0) is 20.3. The molecule has 0 bridgehead atoms. The van der Waals surface area contributed by atoms with Gasteiger partial charge in [0.15, 0.2) is 5.13 Å². The molecule has 1 amide bonds. The Kier molecular flexibility index (Phi) is 6.17. The van der Waals surface area contributed by atoms with E-state index in [-0.39, 0.29) is 17.3 Å². The third-order valence-electron chi connectivity index (χ3n) is 5.37. The topological polar surface area (TPSA) is 82.6 Å². The van der Waals surface area contributed by atoms with Gasteiger partial charge >= 0.3 is 0 Å². The Bertz CT molecular complexity index is 962. The van der Waals surface area contributed by atoms with Crippen LogP contribution in [0.5, 0.6) is 0 Å². The number of thiazole rings is 1. The summed E-state index contributed by atoms with van der Waals surface area (Å²) in [7, 11) is -3.67. The van der Waals surface area contributed by atoms with Crippen molar-refractivity contribution in [3.8, 4) is 0 Å². The van der Waals surface area contributed by atoms with Crippen LogP contribution in [-0.4, -0.2) is 56.9 Å². The summed E-state index contributed by atoms with van der Waals surface area (Å²) in [6.07, 6.45) is 4.95. The van der Waals surface area contributed by atoms with Gasteiger partial charge in [-0.05, 0) is 43.9 Å². The van der Waals surface area contributed by atoms with E-state index in [0.29, 0.717) is 12.0 Å². The van der Waals surface area contributed by atoms with Crippen LogP contribution in [0.3, 0.4) is 0 Å². The predicted molar refractivity (Wildman–Crippen MR) is 114 cm³/mol. The highest BCUT2D eigenvalue weighted by molar-refractivity contribution is 7.89. The second kappa shape index (κ2) is 8.81. The lowest BCUT2D eigenvalue weighted by atomic mass is 10.2. The summed E-state index contributed by atoms with van der Waals surface area (Å²) in [5.41, 5.74) is 1.32. The van der Waals surface area contributed by atoms with Crippen LogP contribution in [0.15, 0.2) is 34.5 Å². The minimum atomic E-state index is -3.67. The first-order valence-corrected chi connectivity index (χ1v) is 12.5. The van der Waals surface area contributed by atoms with Crippen molar-refractivity contribution in [1.29, 1.82) is 0 Å². The van der Waals surface area contributed by atoms with E-state index >= 15 is 0 Å². The quantitative estimate of drug-likeness (QED) is 0.724.